The number of nitrogens with one attached hydrogen (secondary N) is 2. The van der Waals surface area contributed by atoms with Crippen molar-refractivity contribution in [2.24, 2.45) is 0 Å². The van der Waals surface area contributed by atoms with Crippen LogP contribution >= 0.6 is 12.4 Å². The van der Waals surface area contributed by atoms with E-state index >= 15 is 0 Å². The first-order chi connectivity index (χ1) is 20.8. The number of aliphatic hydroxyl groups is 1. The van der Waals surface area contributed by atoms with Gasteiger partial charge in [-0.1, -0.05) is 51.9 Å². The molecule has 1 aromatic rings. The topological polar surface area (TPSA) is 111 Å². The second-order valence-corrected chi connectivity index (χ2v) is 13.0. The summed E-state index contributed by atoms with van der Waals surface area (Å²) in [6.07, 6.45) is 13.6. The highest BCUT2D eigenvalue weighted by atomic mass is 35.5. The number of carbonyl (C=O) groups excluding carboxylic acids is 3. The number of rotatable bonds is 15. The molecule has 9 nitrogen and oxygen atoms in total. The normalized spacial score (nSPS) is 21.4. The smallest absolute Gasteiger partial charge is 0.251 e. The summed E-state index contributed by atoms with van der Waals surface area (Å²) in [7, 11) is 1.62. The van der Waals surface area contributed by atoms with Crippen molar-refractivity contribution in [2.45, 2.75) is 120 Å². The summed E-state index contributed by atoms with van der Waals surface area (Å²) >= 11 is 0. The van der Waals surface area contributed by atoms with Crippen LogP contribution < -0.4 is 15.4 Å². The summed E-state index contributed by atoms with van der Waals surface area (Å²) in [5.74, 6) is 0.676. The SMILES string of the molecule is CCCCN1C(=O)[C@@H](CC2(O)CCCCC2)NC(=O)C12CCN(CCCCCCCOc1ccc(C(=O)NC)cc1)CC2.Cl. The molecule has 3 aliphatic rings. The van der Waals surface area contributed by atoms with Crippen molar-refractivity contribution >= 4 is 30.1 Å². The van der Waals surface area contributed by atoms with Crippen LogP contribution in [-0.4, -0.2) is 89.6 Å². The van der Waals surface area contributed by atoms with Gasteiger partial charge in [-0.25, -0.2) is 0 Å². The van der Waals surface area contributed by atoms with Gasteiger partial charge in [-0.15, -0.1) is 12.4 Å². The molecule has 1 saturated carbocycles. The van der Waals surface area contributed by atoms with Gasteiger partial charge in [0, 0.05) is 38.7 Å². The summed E-state index contributed by atoms with van der Waals surface area (Å²) < 4.78 is 5.82. The lowest BCUT2D eigenvalue weighted by atomic mass is 9.77. The summed E-state index contributed by atoms with van der Waals surface area (Å²) in [5.41, 5.74) is -0.969. The molecule has 0 radical (unpaired) electrons. The van der Waals surface area contributed by atoms with Crippen molar-refractivity contribution in [3.05, 3.63) is 29.8 Å². The summed E-state index contributed by atoms with van der Waals surface area (Å²) in [6, 6.07) is 6.61. The average Bonchev–Trinajstić information content (AvgIpc) is 3.02. The number of hydrogen-bond donors (Lipinski definition) is 3. The number of piperidine rings is 1. The molecule has 2 heterocycles. The molecule has 3 amide bonds. The molecular formula is C34H55ClN4O5. The van der Waals surface area contributed by atoms with Gasteiger partial charge < -0.3 is 30.3 Å². The maximum Gasteiger partial charge on any atom is 0.251 e. The fraction of sp³-hybridized carbons (Fsp3) is 0.735. The van der Waals surface area contributed by atoms with Crippen LogP contribution in [0.25, 0.3) is 0 Å². The third kappa shape index (κ3) is 9.33. The van der Waals surface area contributed by atoms with Crippen molar-refractivity contribution in [3.63, 3.8) is 0 Å². The van der Waals surface area contributed by atoms with Gasteiger partial charge in [-0.05, 0) is 75.8 Å². The molecule has 2 aliphatic heterocycles. The Morgan fingerprint density at radius 1 is 0.955 bits per heavy atom. The highest BCUT2D eigenvalue weighted by Gasteiger charge is 2.54. The van der Waals surface area contributed by atoms with Crippen molar-refractivity contribution in [1.82, 2.24) is 20.4 Å². The Balaban J connectivity index is 0.00000529. The lowest BCUT2D eigenvalue weighted by molar-refractivity contribution is -0.163. The molecule has 1 atom stereocenters. The van der Waals surface area contributed by atoms with E-state index in [0.717, 1.165) is 89.6 Å². The van der Waals surface area contributed by atoms with E-state index in [-0.39, 0.29) is 30.1 Å². The van der Waals surface area contributed by atoms with E-state index in [1.807, 2.05) is 17.0 Å². The van der Waals surface area contributed by atoms with Crippen molar-refractivity contribution in [1.29, 1.82) is 0 Å². The Morgan fingerprint density at radius 2 is 1.61 bits per heavy atom. The standard InChI is InChI=1S/C34H54N4O5.ClH/c1-3-4-22-38-31(40)29(26-33(42)17-9-8-10-18-33)36-32(41)34(38)19-23-37(24-20-34)21-11-6-5-7-12-25-43-28-15-13-27(14-16-28)30(39)35-2;/h13-16,29,42H,3-12,17-26H2,1-2H3,(H,35,39)(H,36,41);1H/t29-;/m1./s1. The van der Waals surface area contributed by atoms with E-state index < -0.39 is 17.2 Å². The zero-order valence-corrected chi connectivity index (χ0v) is 27.7. The Morgan fingerprint density at radius 3 is 2.27 bits per heavy atom. The van der Waals surface area contributed by atoms with Crippen molar-refractivity contribution < 1.29 is 24.2 Å². The molecule has 1 aromatic carbocycles. The molecule has 4 rings (SSSR count). The molecule has 3 N–H and O–H groups in total. The van der Waals surface area contributed by atoms with E-state index in [4.69, 9.17) is 4.74 Å². The fourth-order valence-electron chi connectivity index (χ4n) is 7.10. The lowest BCUT2D eigenvalue weighted by Gasteiger charge is -2.52. The zero-order chi connectivity index (χ0) is 30.7. The molecule has 44 heavy (non-hydrogen) atoms. The molecule has 1 spiro atoms. The largest absolute Gasteiger partial charge is 0.494 e. The number of nitrogens with zero attached hydrogens (tertiary/aromatic N) is 2. The number of unbranched alkanes of at least 4 members (excludes halogenated alkanes) is 5. The lowest BCUT2D eigenvalue weighted by Crippen LogP contribution is -2.73. The first-order valence-corrected chi connectivity index (χ1v) is 16.8. The van der Waals surface area contributed by atoms with Gasteiger partial charge in [-0.2, -0.15) is 0 Å². The third-order valence-corrected chi connectivity index (χ3v) is 9.83. The van der Waals surface area contributed by atoms with Crippen LogP contribution in [0.3, 0.4) is 0 Å². The molecular weight excluding hydrogens is 580 g/mol. The summed E-state index contributed by atoms with van der Waals surface area (Å²) in [4.78, 5) is 43.4. The van der Waals surface area contributed by atoms with E-state index in [2.05, 4.69) is 22.5 Å². The van der Waals surface area contributed by atoms with E-state index in [9.17, 15) is 19.5 Å². The third-order valence-electron chi connectivity index (χ3n) is 9.83. The van der Waals surface area contributed by atoms with Gasteiger partial charge in [0.1, 0.15) is 17.3 Å². The molecule has 248 valence electrons. The van der Waals surface area contributed by atoms with Crippen molar-refractivity contribution in [2.75, 3.05) is 39.8 Å². The Labute approximate surface area is 270 Å². The molecule has 10 heteroatoms. The molecule has 0 aromatic heterocycles. The first-order valence-electron chi connectivity index (χ1n) is 16.8. The quantitative estimate of drug-likeness (QED) is 0.238. The number of carbonyl (C=O) groups is 3. The number of hydrogen-bond acceptors (Lipinski definition) is 6. The van der Waals surface area contributed by atoms with Crippen LogP contribution in [0.4, 0.5) is 0 Å². The van der Waals surface area contributed by atoms with Crippen LogP contribution in [0.1, 0.15) is 114 Å². The molecule has 1 aliphatic carbocycles. The molecule has 0 unspecified atom stereocenters. The Hall–Kier alpha value is -2.36. The fourth-order valence-corrected chi connectivity index (χ4v) is 7.10. The van der Waals surface area contributed by atoms with Crippen LogP contribution in [-0.2, 0) is 9.59 Å². The second kappa shape index (κ2) is 17.4. The molecule has 3 fully saturated rings. The number of piperazine rings is 1. The Kier molecular flexibility index (Phi) is 14.3. The number of ether oxygens (including phenoxy) is 1. The van der Waals surface area contributed by atoms with Gasteiger partial charge in [0.2, 0.25) is 11.8 Å². The van der Waals surface area contributed by atoms with Gasteiger partial charge in [0.15, 0.2) is 0 Å². The van der Waals surface area contributed by atoms with E-state index in [1.165, 1.54) is 0 Å². The summed E-state index contributed by atoms with van der Waals surface area (Å²) in [5, 5.41) is 16.8. The van der Waals surface area contributed by atoms with Crippen LogP contribution in [0.5, 0.6) is 5.75 Å². The summed E-state index contributed by atoms with van der Waals surface area (Å²) in [6.45, 7) is 6.07. The number of likely N-dealkylation sites (tertiary alicyclic amines) is 1. The Bertz CT molecular complexity index is 1050. The maximum absolute atomic E-state index is 13.8. The zero-order valence-electron chi connectivity index (χ0n) is 26.9. The minimum Gasteiger partial charge on any atom is -0.494 e. The highest BCUT2D eigenvalue weighted by molar-refractivity contribution is 6.00. The van der Waals surface area contributed by atoms with Crippen LogP contribution in [0, 0.1) is 0 Å². The monoisotopic (exact) mass is 634 g/mol. The van der Waals surface area contributed by atoms with Crippen molar-refractivity contribution in [3.8, 4) is 5.75 Å². The van der Waals surface area contributed by atoms with E-state index in [1.54, 1.807) is 19.2 Å². The van der Waals surface area contributed by atoms with Gasteiger partial charge >= 0.3 is 0 Å². The first kappa shape index (κ1) is 36.1. The van der Waals surface area contributed by atoms with Crippen LogP contribution in [0.15, 0.2) is 24.3 Å². The van der Waals surface area contributed by atoms with Gasteiger partial charge in [0.05, 0.1) is 12.2 Å². The van der Waals surface area contributed by atoms with Gasteiger partial charge in [0.25, 0.3) is 5.91 Å². The molecule has 0 bridgehead atoms. The predicted octanol–water partition coefficient (Wildman–Crippen LogP) is 4.84. The van der Waals surface area contributed by atoms with Gasteiger partial charge in [-0.3, -0.25) is 14.4 Å². The number of amides is 3. The van der Waals surface area contributed by atoms with Crippen LogP contribution in [0.2, 0.25) is 0 Å². The second-order valence-electron chi connectivity index (χ2n) is 13.0. The molecule has 2 saturated heterocycles. The highest BCUT2D eigenvalue weighted by Crippen LogP contribution is 2.37. The minimum absolute atomic E-state index is 0. The maximum atomic E-state index is 13.8. The van der Waals surface area contributed by atoms with E-state index in [0.29, 0.717) is 50.8 Å². The number of halogens is 1. The average molecular weight is 635 g/mol. The predicted molar refractivity (Wildman–Crippen MR) is 175 cm³/mol. The minimum atomic E-state index is -0.843. The number of benzene rings is 1.